The van der Waals surface area contributed by atoms with Crippen molar-refractivity contribution < 1.29 is 4.39 Å². The maximum atomic E-state index is 13.4. The van der Waals surface area contributed by atoms with Crippen molar-refractivity contribution in [2.75, 3.05) is 0 Å². The van der Waals surface area contributed by atoms with Crippen molar-refractivity contribution in [1.82, 2.24) is 4.98 Å². The molecule has 2 heterocycles. The summed E-state index contributed by atoms with van der Waals surface area (Å²) in [6.45, 7) is 0. The molecule has 2 nitrogen and oxygen atoms in total. The number of pyridine rings is 1. The highest BCUT2D eigenvalue weighted by molar-refractivity contribution is 9.11. The minimum atomic E-state index is -0.435. The van der Waals surface area contributed by atoms with Gasteiger partial charge in [0.25, 0.3) is 0 Å². The Morgan fingerprint density at radius 3 is 2.93 bits per heavy atom. The molecule has 1 unspecified atom stereocenters. The van der Waals surface area contributed by atoms with Gasteiger partial charge < -0.3 is 5.73 Å². The fraction of sp³-hybridized carbons (Fsp3) is 0.100. The van der Waals surface area contributed by atoms with Crippen LogP contribution in [0.15, 0.2) is 33.7 Å². The van der Waals surface area contributed by atoms with Gasteiger partial charge in [-0.3, -0.25) is 4.98 Å². The highest BCUT2D eigenvalue weighted by atomic mass is 79.9. The summed E-state index contributed by atoms with van der Waals surface area (Å²) in [5.74, 6) is -0.368. The summed E-state index contributed by atoms with van der Waals surface area (Å²) in [6.07, 6.45) is 2.72. The number of rotatable bonds is 2. The quantitative estimate of drug-likeness (QED) is 0.921. The van der Waals surface area contributed by atoms with Gasteiger partial charge in [0.1, 0.15) is 5.82 Å². The standard InChI is InChI=1S/C10H8BrFN2S/c11-9-3-6(5-15-9)10(13)7-1-2-14-4-8(7)12/h1-5,10H,13H2. The molecule has 0 spiro atoms. The Balaban J connectivity index is 2.36. The Labute approximate surface area is 99.1 Å². The first kappa shape index (κ1) is 10.7. The minimum absolute atomic E-state index is 0.368. The Hall–Kier alpha value is -0.780. The second-order valence-corrected chi connectivity index (χ2v) is 5.35. The summed E-state index contributed by atoms with van der Waals surface area (Å²) in [7, 11) is 0. The van der Waals surface area contributed by atoms with E-state index in [-0.39, 0.29) is 5.82 Å². The van der Waals surface area contributed by atoms with Crippen LogP contribution in [0.4, 0.5) is 4.39 Å². The first-order chi connectivity index (χ1) is 7.18. The molecule has 15 heavy (non-hydrogen) atoms. The van der Waals surface area contributed by atoms with Gasteiger partial charge in [0, 0.05) is 11.8 Å². The van der Waals surface area contributed by atoms with Gasteiger partial charge in [-0.2, -0.15) is 0 Å². The average molecular weight is 287 g/mol. The molecule has 78 valence electrons. The summed E-state index contributed by atoms with van der Waals surface area (Å²) in [6, 6.07) is 3.07. The van der Waals surface area contributed by atoms with Crippen molar-refractivity contribution in [1.29, 1.82) is 0 Å². The van der Waals surface area contributed by atoms with Gasteiger partial charge in [-0.15, -0.1) is 11.3 Å². The van der Waals surface area contributed by atoms with E-state index in [1.54, 1.807) is 12.3 Å². The van der Waals surface area contributed by atoms with Crippen LogP contribution in [-0.2, 0) is 0 Å². The zero-order valence-corrected chi connectivity index (χ0v) is 10.1. The molecule has 0 saturated carbocycles. The lowest BCUT2D eigenvalue weighted by Crippen LogP contribution is -2.12. The van der Waals surface area contributed by atoms with E-state index in [1.807, 2.05) is 11.4 Å². The molecular weight excluding hydrogens is 279 g/mol. The first-order valence-corrected chi connectivity index (χ1v) is 5.94. The van der Waals surface area contributed by atoms with E-state index in [9.17, 15) is 4.39 Å². The number of nitrogens with two attached hydrogens (primary N) is 1. The van der Waals surface area contributed by atoms with Crippen LogP contribution >= 0.6 is 27.3 Å². The van der Waals surface area contributed by atoms with Crippen molar-refractivity contribution in [3.63, 3.8) is 0 Å². The molecule has 0 aliphatic rings. The Bertz CT molecular complexity index is 472. The van der Waals surface area contributed by atoms with E-state index in [0.29, 0.717) is 5.56 Å². The number of thiophene rings is 1. The highest BCUT2D eigenvalue weighted by Gasteiger charge is 2.14. The molecule has 1 atom stereocenters. The zero-order valence-electron chi connectivity index (χ0n) is 7.65. The normalized spacial score (nSPS) is 12.7. The third kappa shape index (κ3) is 2.25. The molecule has 0 aliphatic heterocycles. The van der Waals surface area contributed by atoms with Crippen molar-refractivity contribution in [2.24, 2.45) is 5.73 Å². The van der Waals surface area contributed by atoms with Crippen LogP contribution in [0.2, 0.25) is 0 Å². The van der Waals surface area contributed by atoms with Crippen LogP contribution in [0, 0.1) is 5.82 Å². The van der Waals surface area contributed by atoms with Crippen LogP contribution in [0.5, 0.6) is 0 Å². The third-order valence-electron chi connectivity index (χ3n) is 2.09. The smallest absolute Gasteiger partial charge is 0.146 e. The predicted molar refractivity (Wildman–Crippen MR) is 62.2 cm³/mol. The number of hydrogen-bond donors (Lipinski definition) is 1. The summed E-state index contributed by atoms with van der Waals surface area (Å²) in [4.78, 5) is 3.69. The molecular formula is C10H8BrFN2S. The molecule has 2 aromatic rings. The number of nitrogens with zero attached hydrogens (tertiary/aromatic N) is 1. The van der Waals surface area contributed by atoms with Crippen LogP contribution < -0.4 is 5.73 Å². The SMILES string of the molecule is NC(c1csc(Br)c1)c1ccncc1F. The van der Waals surface area contributed by atoms with Crippen LogP contribution in [0.3, 0.4) is 0 Å². The predicted octanol–water partition coefficient (Wildman–Crippen LogP) is 3.09. The molecule has 0 bridgehead atoms. The summed E-state index contributed by atoms with van der Waals surface area (Å²) in [5, 5.41) is 1.91. The molecule has 5 heteroatoms. The van der Waals surface area contributed by atoms with Crippen LogP contribution in [0.25, 0.3) is 0 Å². The fourth-order valence-corrected chi connectivity index (χ4v) is 2.52. The van der Waals surface area contributed by atoms with Crippen molar-refractivity contribution in [3.8, 4) is 0 Å². The highest BCUT2D eigenvalue weighted by Crippen LogP contribution is 2.28. The van der Waals surface area contributed by atoms with E-state index in [1.165, 1.54) is 17.5 Å². The van der Waals surface area contributed by atoms with E-state index in [4.69, 9.17) is 5.73 Å². The number of aromatic nitrogens is 1. The van der Waals surface area contributed by atoms with E-state index in [0.717, 1.165) is 9.35 Å². The zero-order chi connectivity index (χ0) is 10.8. The second kappa shape index (κ2) is 4.38. The average Bonchev–Trinajstić information content (AvgIpc) is 2.65. The molecule has 2 N–H and O–H groups in total. The maximum Gasteiger partial charge on any atom is 0.146 e. The largest absolute Gasteiger partial charge is 0.320 e. The van der Waals surface area contributed by atoms with Gasteiger partial charge >= 0.3 is 0 Å². The first-order valence-electron chi connectivity index (χ1n) is 4.27. The van der Waals surface area contributed by atoms with E-state index in [2.05, 4.69) is 20.9 Å². The summed E-state index contributed by atoms with van der Waals surface area (Å²) in [5.41, 5.74) is 7.32. The number of hydrogen-bond acceptors (Lipinski definition) is 3. The second-order valence-electron chi connectivity index (χ2n) is 3.06. The Morgan fingerprint density at radius 2 is 2.33 bits per heavy atom. The fourth-order valence-electron chi connectivity index (χ4n) is 1.30. The van der Waals surface area contributed by atoms with Crippen LogP contribution in [0.1, 0.15) is 17.2 Å². The molecule has 2 rings (SSSR count). The van der Waals surface area contributed by atoms with Gasteiger partial charge in [-0.05, 0) is 39.0 Å². The van der Waals surface area contributed by atoms with Gasteiger partial charge in [0.05, 0.1) is 16.0 Å². The summed E-state index contributed by atoms with van der Waals surface area (Å²) < 4.78 is 14.4. The molecule has 2 aromatic heterocycles. The number of halogens is 2. The van der Waals surface area contributed by atoms with Crippen LogP contribution in [-0.4, -0.2) is 4.98 Å². The lowest BCUT2D eigenvalue weighted by Gasteiger charge is -2.10. The van der Waals surface area contributed by atoms with E-state index >= 15 is 0 Å². The van der Waals surface area contributed by atoms with Gasteiger partial charge in [-0.1, -0.05) is 0 Å². The van der Waals surface area contributed by atoms with Gasteiger partial charge in [0.2, 0.25) is 0 Å². The minimum Gasteiger partial charge on any atom is -0.320 e. The molecule has 0 aromatic carbocycles. The summed E-state index contributed by atoms with van der Waals surface area (Å²) >= 11 is 4.88. The van der Waals surface area contributed by atoms with Crippen molar-refractivity contribution in [2.45, 2.75) is 6.04 Å². The molecule has 0 saturated heterocycles. The molecule has 0 amide bonds. The lowest BCUT2D eigenvalue weighted by atomic mass is 10.0. The Kier molecular flexibility index (Phi) is 3.14. The van der Waals surface area contributed by atoms with Gasteiger partial charge in [0.15, 0.2) is 0 Å². The topological polar surface area (TPSA) is 38.9 Å². The lowest BCUT2D eigenvalue weighted by molar-refractivity contribution is 0.593. The third-order valence-corrected chi connectivity index (χ3v) is 3.61. The molecule has 0 fully saturated rings. The maximum absolute atomic E-state index is 13.4. The van der Waals surface area contributed by atoms with Gasteiger partial charge in [-0.25, -0.2) is 4.39 Å². The van der Waals surface area contributed by atoms with Crippen molar-refractivity contribution in [3.05, 3.63) is 50.6 Å². The molecule has 0 aliphatic carbocycles. The monoisotopic (exact) mass is 286 g/mol. The van der Waals surface area contributed by atoms with Crippen molar-refractivity contribution >= 4 is 27.3 Å². The molecule has 0 radical (unpaired) electrons. The van der Waals surface area contributed by atoms with E-state index < -0.39 is 6.04 Å². The Morgan fingerprint density at radius 1 is 1.53 bits per heavy atom.